The lowest BCUT2D eigenvalue weighted by Crippen LogP contribution is -2.01. The lowest BCUT2D eigenvalue weighted by Gasteiger charge is -2.04. The average molecular weight is 359 g/mol. The van der Waals surface area contributed by atoms with Gasteiger partial charge in [-0.3, -0.25) is 0 Å². The standard InChI is InChI=1S/C18H15ClN2O4/c1-23-18(22)13-5-7-15(8-6-13)24-11-17-20-16(21-25-17)10-12-3-2-4-14(19)9-12/h2-9H,10-11H2,1H3. The van der Waals surface area contributed by atoms with E-state index < -0.39 is 5.97 Å². The number of nitrogens with zero attached hydrogens (tertiary/aromatic N) is 2. The van der Waals surface area contributed by atoms with Crippen molar-refractivity contribution in [2.45, 2.75) is 13.0 Å². The van der Waals surface area contributed by atoms with Gasteiger partial charge in [-0.05, 0) is 42.0 Å². The van der Waals surface area contributed by atoms with Gasteiger partial charge in [0, 0.05) is 11.4 Å². The molecule has 0 saturated heterocycles. The molecule has 128 valence electrons. The van der Waals surface area contributed by atoms with Crippen molar-refractivity contribution in [2.75, 3.05) is 7.11 Å². The van der Waals surface area contributed by atoms with Gasteiger partial charge < -0.3 is 14.0 Å². The number of rotatable bonds is 6. The summed E-state index contributed by atoms with van der Waals surface area (Å²) in [4.78, 5) is 15.7. The molecule has 0 spiro atoms. The molecule has 0 radical (unpaired) electrons. The van der Waals surface area contributed by atoms with E-state index in [4.69, 9.17) is 20.9 Å². The van der Waals surface area contributed by atoms with Gasteiger partial charge in [0.2, 0.25) is 0 Å². The fourth-order valence-electron chi connectivity index (χ4n) is 2.20. The number of hydrogen-bond acceptors (Lipinski definition) is 6. The van der Waals surface area contributed by atoms with E-state index in [1.165, 1.54) is 7.11 Å². The summed E-state index contributed by atoms with van der Waals surface area (Å²) in [6.45, 7) is 0.139. The van der Waals surface area contributed by atoms with Crippen molar-refractivity contribution in [1.29, 1.82) is 0 Å². The van der Waals surface area contributed by atoms with Crippen LogP contribution in [0.15, 0.2) is 53.1 Å². The first kappa shape index (κ1) is 17.0. The molecule has 0 saturated carbocycles. The van der Waals surface area contributed by atoms with Crippen LogP contribution < -0.4 is 4.74 Å². The van der Waals surface area contributed by atoms with E-state index >= 15 is 0 Å². The Labute approximate surface area is 149 Å². The van der Waals surface area contributed by atoms with Crippen LogP contribution in [0, 0.1) is 0 Å². The first-order chi connectivity index (χ1) is 12.1. The molecule has 3 rings (SSSR count). The van der Waals surface area contributed by atoms with E-state index in [2.05, 4.69) is 14.9 Å². The molecule has 1 aromatic heterocycles. The number of ether oxygens (including phenoxy) is 2. The second kappa shape index (κ2) is 7.81. The van der Waals surface area contributed by atoms with Crippen molar-refractivity contribution >= 4 is 17.6 Å². The molecule has 0 N–H and O–H groups in total. The van der Waals surface area contributed by atoms with Gasteiger partial charge in [-0.2, -0.15) is 4.98 Å². The molecule has 0 bridgehead atoms. The van der Waals surface area contributed by atoms with Gasteiger partial charge in [0.05, 0.1) is 12.7 Å². The van der Waals surface area contributed by atoms with Crippen molar-refractivity contribution in [3.05, 3.63) is 76.4 Å². The number of halogens is 1. The Balaban J connectivity index is 1.57. The molecule has 7 heteroatoms. The van der Waals surface area contributed by atoms with Crippen molar-refractivity contribution < 1.29 is 18.8 Å². The first-order valence-electron chi connectivity index (χ1n) is 7.51. The predicted octanol–water partition coefficient (Wildman–Crippen LogP) is 3.68. The highest BCUT2D eigenvalue weighted by atomic mass is 35.5. The van der Waals surface area contributed by atoms with Crippen LogP contribution in [-0.4, -0.2) is 23.2 Å². The molecule has 0 aliphatic rings. The fourth-order valence-corrected chi connectivity index (χ4v) is 2.41. The Morgan fingerprint density at radius 1 is 1.20 bits per heavy atom. The van der Waals surface area contributed by atoms with E-state index in [-0.39, 0.29) is 6.61 Å². The number of aromatic nitrogens is 2. The zero-order chi connectivity index (χ0) is 17.6. The van der Waals surface area contributed by atoms with Crippen molar-refractivity contribution in [3.63, 3.8) is 0 Å². The van der Waals surface area contributed by atoms with Crippen LogP contribution in [0.4, 0.5) is 0 Å². The first-order valence-corrected chi connectivity index (χ1v) is 7.89. The second-order valence-corrected chi connectivity index (χ2v) is 5.65. The summed E-state index contributed by atoms with van der Waals surface area (Å²) in [6.07, 6.45) is 0.526. The van der Waals surface area contributed by atoms with Crippen LogP contribution >= 0.6 is 11.6 Å². The number of esters is 1. The Hall–Kier alpha value is -2.86. The summed E-state index contributed by atoms with van der Waals surface area (Å²) < 4.78 is 15.4. The van der Waals surface area contributed by atoms with Crippen LogP contribution in [0.25, 0.3) is 0 Å². The Morgan fingerprint density at radius 2 is 2.00 bits per heavy atom. The number of carbonyl (C=O) groups excluding carboxylic acids is 1. The Morgan fingerprint density at radius 3 is 2.72 bits per heavy atom. The van der Waals surface area contributed by atoms with Crippen molar-refractivity contribution in [2.24, 2.45) is 0 Å². The summed E-state index contributed by atoms with van der Waals surface area (Å²) in [5.41, 5.74) is 1.45. The molecular formula is C18H15ClN2O4. The largest absolute Gasteiger partial charge is 0.484 e. The maximum atomic E-state index is 11.4. The molecule has 2 aromatic carbocycles. The highest BCUT2D eigenvalue weighted by molar-refractivity contribution is 6.30. The molecule has 1 heterocycles. The number of methoxy groups -OCH3 is 1. The highest BCUT2D eigenvalue weighted by Gasteiger charge is 2.09. The van der Waals surface area contributed by atoms with Gasteiger partial charge in [0.25, 0.3) is 5.89 Å². The summed E-state index contributed by atoms with van der Waals surface area (Å²) in [7, 11) is 1.34. The molecule has 0 unspecified atom stereocenters. The second-order valence-electron chi connectivity index (χ2n) is 5.22. The third-order valence-corrected chi connectivity index (χ3v) is 3.63. The third kappa shape index (κ3) is 4.58. The molecule has 3 aromatic rings. The smallest absolute Gasteiger partial charge is 0.337 e. The molecule has 0 amide bonds. The minimum atomic E-state index is -0.394. The summed E-state index contributed by atoms with van der Waals surface area (Å²) in [5.74, 6) is 1.12. The van der Waals surface area contributed by atoms with Gasteiger partial charge in [-0.25, -0.2) is 4.79 Å². The topological polar surface area (TPSA) is 74.5 Å². The average Bonchev–Trinajstić information content (AvgIpc) is 3.07. The number of carbonyl (C=O) groups is 1. The van der Waals surface area contributed by atoms with Gasteiger partial charge in [0.15, 0.2) is 12.4 Å². The summed E-state index contributed by atoms with van der Waals surface area (Å²) in [5, 5.41) is 4.60. The molecule has 0 aliphatic carbocycles. The normalized spacial score (nSPS) is 10.5. The van der Waals surface area contributed by atoms with Crippen LogP contribution in [-0.2, 0) is 17.8 Å². The van der Waals surface area contributed by atoms with Crippen LogP contribution in [0.1, 0.15) is 27.6 Å². The Kier molecular flexibility index (Phi) is 5.30. The van der Waals surface area contributed by atoms with E-state index in [9.17, 15) is 4.79 Å². The van der Waals surface area contributed by atoms with Crippen LogP contribution in [0.2, 0.25) is 5.02 Å². The fraction of sp³-hybridized carbons (Fsp3) is 0.167. The number of benzene rings is 2. The lowest BCUT2D eigenvalue weighted by molar-refractivity contribution is 0.0600. The van der Waals surface area contributed by atoms with Crippen LogP contribution in [0.3, 0.4) is 0 Å². The maximum Gasteiger partial charge on any atom is 0.337 e. The van der Waals surface area contributed by atoms with Gasteiger partial charge in [-0.1, -0.05) is 28.9 Å². The molecule has 0 fully saturated rings. The lowest BCUT2D eigenvalue weighted by atomic mass is 10.1. The third-order valence-electron chi connectivity index (χ3n) is 3.40. The molecular weight excluding hydrogens is 344 g/mol. The monoisotopic (exact) mass is 358 g/mol. The Bertz CT molecular complexity index is 862. The predicted molar refractivity (Wildman–Crippen MR) is 90.7 cm³/mol. The molecule has 0 atom stereocenters. The molecule has 6 nitrogen and oxygen atoms in total. The summed E-state index contributed by atoms with van der Waals surface area (Å²) in [6, 6.07) is 14.1. The van der Waals surface area contributed by atoms with Crippen molar-refractivity contribution in [1.82, 2.24) is 10.1 Å². The SMILES string of the molecule is COC(=O)c1ccc(OCc2nc(Cc3cccc(Cl)c3)no2)cc1. The zero-order valence-corrected chi connectivity index (χ0v) is 14.2. The molecule has 25 heavy (non-hydrogen) atoms. The van der Waals surface area contributed by atoms with Gasteiger partial charge in [0.1, 0.15) is 5.75 Å². The molecule has 0 aliphatic heterocycles. The van der Waals surface area contributed by atoms with Gasteiger partial charge >= 0.3 is 5.97 Å². The van der Waals surface area contributed by atoms with Crippen LogP contribution in [0.5, 0.6) is 5.75 Å². The van der Waals surface area contributed by atoms with E-state index in [0.717, 1.165) is 5.56 Å². The van der Waals surface area contributed by atoms with E-state index in [1.807, 2.05) is 24.3 Å². The van der Waals surface area contributed by atoms with Gasteiger partial charge in [-0.15, -0.1) is 0 Å². The minimum Gasteiger partial charge on any atom is -0.484 e. The summed E-state index contributed by atoms with van der Waals surface area (Å²) >= 11 is 5.96. The minimum absolute atomic E-state index is 0.139. The number of hydrogen-bond donors (Lipinski definition) is 0. The highest BCUT2D eigenvalue weighted by Crippen LogP contribution is 2.16. The van der Waals surface area contributed by atoms with E-state index in [0.29, 0.717) is 34.5 Å². The van der Waals surface area contributed by atoms with E-state index in [1.54, 1.807) is 24.3 Å². The van der Waals surface area contributed by atoms with Crippen molar-refractivity contribution in [3.8, 4) is 5.75 Å². The maximum absolute atomic E-state index is 11.4. The quantitative estimate of drug-likeness (QED) is 0.626. The zero-order valence-electron chi connectivity index (χ0n) is 13.4.